The summed E-state index contributed by atoms with van der Waals surface area (Å²) < 4.78 is 0.500. The Morgan fingerprint density at radius 3 is 0.385 bits per heavy atom. The number of nitrogens with two attached hydrogens (primary N) is 6. The fourth-order valence-corrected chi connectivity index (χ4v) is 0. The van der Waals surface area contributed by atoms with E-state index in [0.29, 0.717) is 0 Å². The third kappa shape index (κ3) is 5440. The maximum Gasteiger partial charge on any atom is 4.00 e. The van der Waals surface area contributed by atoms with E-state index < -0.39 is 0 Å². The molecule has 0 aromatic carbocycles. The van der Waals surface area contributed by atoms with Crippen molar-refractivity contribution < 1.29 is 21.1 Å². The van der Waals surface area contributed by atoms with Gasteiger partial charge in [-0.2, -0.15) is 0 Å². The minimum Gasteiger partial charge on any atom is -0.415 e. The molecule has 0 rings (SSSR count). The van der Waals surface area contributed by atoms with Crippen molar-refractivity contribution in [1.82, 2.24) is 0 Å². The first-order chi connectivity index (χ1) is 10.4. The van der Waals surface area contributed by atoms with Crippen molar-refractivity contribution in [3.05, 3.63) is 0 Å². The summed E-state index contributed by atoms with van der Waals surface area (Å²) in [6.07, 6.45) is 0. The molecule has 150 valence electrons. The van der Waals surface area contributed by atoms with Crippen LogP contribution in [0.15, 0.2) is 0 Å². The average Bonchev–Trinajstić information content (AvgIpc) is 2.08. The van der Waals surface area contributed by atoms with Crippen LogP contribution in [-0.4, -0.2) is 25.9 Å². The molecule has 0 aliphatic carbocycles. The molecule has 0 atom stereocenters. The maximum absolute atomic E-state index is 4.66. The standard InChI is InChI=1S/6CH3NS2.Mo.S/c6*2-1(3)4;;/h6*(H3,2,3,4);;/q;;;;;;+4;+2/p-6. The number of hydrogen-bond acceptors (Lipinski definition) is 12. The van der Waals surface area contributed by atoms with Crippen molar-refractivity contribution in [3.63, 3.8) is 0 Å². The molecule has 20 heteroatoms. The Morgan fingerprint density at radius 2 is 0.385 bits per heavy atom. The van der Waals surface area contributed by atoms with E-state index >= 15 is 0 Å². The second-order valence-electron chi connectivity index (χ2n) is 1.91. The van der Waals surface area contributed by atoms with Gasteiger partial charge in [0.15, 0.2) is 0 Å². The molecule has 0 fully saturated rings. The second kappa shape index (κ2) is 45.4. The zero-order valence-corrected chi connectivity index (χ0v) is 24.8. The van der Waals surface area contributed by atoms with Gasteiger partial charge in [0.1, 0.15) is 0 Å². The number of rotatable bonds is 0. The van der Waals surface area contributed by atoms with Gasteiger partial charge >= 0.3 is 34.6 Å². The van der Waals surface area contributed by atoms with Crippen LogP contribution in [0.1, 0.15) is 0 Å². The van der Waals surface area contributed by atoms with Gasteiger partial charge in [-0.3, -0.25) is 0 Å². The van der Waals surface area contributed by atoms with E-state index in [1.54, 1.807) is 0 Å². The van der Waals surface area contributed by atoms with E-state index in [4.69, 9.17) is 0 Å². The van der Waals surface area contributed by atoms with E-state index in [9.17, 15) is 0 Å². The van der Waals surface area contributed by atoms with Crippen LogP contribution in [-0.2, 0) is 110 Å². The van der Waals surface area contributed by atoms with E-state index in [2.05, 4.69) is 183 Å². The van der Waals surface area contributed by atoms with Gasteiger partial charge in [-0.25, -0.2) is 0 Å². The van der Waals surface area contributed by atoms with Crippen LogP contribution in [0.25, 0.3) is 0 Å². The third-order valence-electron chi connectivity index (χ3n) is 0. The van der Waals surface area contributed by atoms with Crippen molar-refractivity contribution >= 4 is 188 Å². The Morgan fingerprint density at radius 1 is 0.385 bits per heavy atom. The molecule has 6 nitrogen and oxygen atoms in total. The first kappa shape index (κ1) is 50.9. The van der Waals surface area contributed by atoms with Crippen molar-refractivity contribution in [2.45, 2.75) is 0 Å². The van der Waals surface area contributed by atoms with Crippen LogP contribution in [0.3, 0.4) is 0 Å². The molecule has 0 bridgehead atoms. The fraction of sp³-hybridized carbons (Fsp3) is 0. The van der Waals surface area contributed by atoms with Crippen LogP contribution in [0.5, 0.6) is 0 Å². The summed E-state index contributed by atoms with van der Waals surface area (Å²) in [4.78, 5) is 0. The van der Waals surface area contributed by atoms with Crippen molar-refractivity contribution in [2.75, 3.05) is 0 Å². The largest absolute Gasteiger partial charge is 4.00 e. The summed E-state index contributed by atoms with van der Waals surface area (Å²) in [6.45, 7) is 0. The maximum atomic E-state index is 4.66. The minimum atomic E-state index is 0. The zero-order chi connectivity index (χ0) is 21.5. The van der Waals surface area contributed by atoms with Gasteiger partial charge in [0.25, 0.3) is 0 Å². The molecule has 12 N–H and O–H groups in total. The fourth-order valence-electron chi connectivity index (χ4n) is 0. The summed E-state index contributed by atoms with van der Waals surface area (Å²) in [6, 6.07) is 0. The van der Waals surface area contributed by atoms with Crippen molar-refractivity contribution in [2.24, 2.45) is 34.4 Å². The molecule has 0 amide bonds. The Kier molecular flexibility index (Phi) is 88.9. The molecule has 0 aliphatic rings. The molecular weight excluding hydrogens is 669 g/mol. The third-order valence-corrected chi connectivity index (χ3v) is 0. The summed E-state index contributed by atoms with van der Waals surface area (Å²) in [7, 11) is 0. The molecule has 0 saturated carbocycles. The normalized spacial score (nSPS) is 5.54. The summed E-state index contributed by atoms with van der Waals surface area (Å²) in [5.74, 6) is 0. The molecule has 0 aliphatic heterocycles. The van der Waals surface area contributed by atoms with Gasteiger partial charge in [-0.1, -0.05) is 25.9 Å². The van der Waals surface area contributed by atoms with Gasteiger partial charge in [-0.15, -0.1) is 0 Å². The van der Waals surface area contributed by atoms with Gasteiger partial charge in [0.05, 0.1) is 0 Å². The van der Waals surface area contributed by atoms with E-state index in [1.807, 2.05) is 0 Å². The SMILES string of the molecule is NC(=S)[S-].NC(=S)[S-].NC(=S)[S-].NC(=S)[S-].NC(=S)[S-].NC(=S)[S-].[Mo+4].[S+2]. The molecule has 26 heavy (non-hydrogen) atoms. The Hall–Kier alpha value is 1.70. The average molecular weight is 681 g/mol. The molecule has 0 aromatic heterocycles. The topological polar surface area (TPSA) is 156 Å². The van der Waals surface area contributed by atoms with E-state index in [1.165, 1.54) is 0 Å². The summed E-state index contributed by atoms with van der Waals surface area (Å²) in [5, 5.41) is 0. The van der Waals surface area contributed by atoms with Gasteiger partial charge in [-0.05, 0) is 0 Å². The zero-order valence-electron chi connectivity index (χ0n) is 12.2. The minimum absolute atomic E-state index is 0. The quantitative estimate of drug-likeness (QED) is 0.101. The number of thiocarbonyl (C=S) groups is 6. The molecule has 0 unspecified atom stereocenters. The van der Waals surface area contributed by atoms with Crippen LogP contribution < -0.4 is 34.4 Å². The number of hydrogen-bond donors (Lipinski definition) is 6. The van der Waals surface area contributed by atoms with Crippen LogP contribution >= 0.6 is 73.3 Å². The predicted octanol–water partition coefficient (Wildman–Crippen LogP) is -1.34. The summed E-state index contributed by atoms with van der Waals surface area (Å²) in [5.41, 5.74) is 27.9. The first-order valence-electron chi connectivity index (χ1n) is 4.18. The summed E-state index contributed by atoms with van der Waals surface area (Å²) >= 11 is 49.6. The first-order valence-corrected chi connectivity index (χ1v) is 9.08. The molecule has 4 radical (unpaired) electrons. The van der Waals surface area contributed by atoms with Crippen LogP contribution in [0, 0.1) is 0 Å². The molecule has 0 heterocycles. The predicted molar refractivity (Wildman–Crippen MR) is 152 cm³/mol. The van der Waals surface area contributed by atoms with Crippen molar-refractivity contribution in [3.8, 4) is 0 Å². The molecule has 0 saturated heterocycles. The van der Waals surface area contributed by atoms with Gasteiger partial charge < -0.3 is 183 Å². The molecular formula is C6H12MoN6S13. The Labute approximate surface area is 240 Å². The van der Waals surface area contributed by atoms with Crippen LogP contribution in [0.4, 0.5) is 0 Å². The Balaban J connectivity index is -0.0000000245. The van der Waals surface area contributed by atoms with Gasteiger partial charge in [0, 0.05) is 0 Å². The van der Waals surface area contributed by atoms with Crippen molar-refractivity contribution in [1.29, 1.82) is 0 Å². The second-order valence-corrected chi connectivity index (χ2v) is 8.74. The van der Waals surface area contributed by atoms with E-state index in [-0.39, 0.29) is 60.5 Å². The molecule has 0 aromatic rings. The smallest absolute Gasteiger partial charge is 0.415 e. The van der Waals surface area contributed by atoms with E-state index in [0.717, 1.165) is 0 Å². The Bertz CT molecular complexity index is 274. The van der Waals surface area contributed by atoms with Gasteiger partial charge in [0.2, 0.25) is 0 Å². The molecule has 0 spiro atoms. The van der Waals surface area contributed by atoms with Crippen LogP contribution in [0.2, 0.25) is 0 Å². The monoisotopic (exact) mass is 682 g/mol.